The average Bonchev–Trinajstić information content (AvgIpc) is 2.74. The number of carbonyl (C=O) groups is 1. The van der Waals surface area contributed by atoms with Gasteiger partial charge in [-0.1, -0.05) is 42.5 Å². The number of aromatic hydroxyl groups is 2. The van der Waals surface area contributed by atoms with E-state index in [4.69, 9.17) is 0 Å². The van der Waals surface area contributed by atoms with E-state index in [2.05, 4.69) is 10.3 Å². The lowest BCUT2D eigenvalue weighted by molar-refractivity contribution is 0.102. The maximum absolute atomic E-state index is 13.2. The van der Waals surface area contributed by atoms with Gasteiger partial charge in [0.2, 0.25) is 0 Å². The minimum absolute atomic E-state index is 0.0981. The molecule has 3 N–H and O–H groups in total. The molecule has 0 unspecified atom stereocenters. The summed E-state index contributed by atoms with van der Waals surface area (Å²) in [5, 5.41) is 23.3. The summed E-state index contributed by atoms with van der Waals surface area (Å²) in [6.45, 7) is 0.232. The highest BCUT2D eigenvalue weighted by Gasteiger charge is 2.23. The van der Waals surface area contributed by atoms with Crippen molar-refractivity contribution in [3.63, 3.8) is 0 Å². The first-order chi connectivity index (χ1) is 14.1. The van der Waals surface area contributed by atoms with E-state index in [-0.39, 0.29) is 18.1 Å². The third-order valence-corrected chi connectivity index (χ3v) is 4.57. The second kappa shape index (κ2) is 7.47. The van der Waals surface area contributed by atoms with Crippen LogP contribution in [0.2, 0.25) is 0 Å². The molecular weight excluding hydrogens is 370 g/mol. The summed E-state index contributed by atoms with van der Waals surface area (Å²) in [6.07, 6.45) is 1.39. The Morgan fingerprint density at radius 1 is 0.966 bits per heavy atom. The number of hydrogen-bond acceptors (Lipinski definition) is 5. The van der Waals surface area contributed by atoms with Gasteiger partial charge in [0.25, 0.3) is 11.5 Å². The fourth-order valence-corrected chi connectivity index (χ4v) is 3.18. The van der Waals surface area contributed by atoms with Crippen molar-refractivity contribution in [1.29, 1.82) is 0 Å². The molecule has 4 rings (SSSR count). The van der Waals surface area contributed by atoms with Gasteiger partial charge in [0.1, 0.15) is 11.3 Å². The Hall–Kier alpha value is -4.13. The summed E-state index contributed by atoms with van der Waals surface area (Å²) in [7, 11) is 0. The molecule has 0 spiro atoms. The first kappa shape index (κ1) is 18.2. The lowest BCUT2D eigenvalue weighted by atomic mass is 10.1. The van der Waals surface area contributed by atoms with Gasteiger partial charge >= 0.3 is 0 Å². The average molecular weight is 387 g/mol. The van der Waals surface area contributed by atoms with Gasteiger partial charge in [-0.25, -0.2) is 4.98 Å². The second-order valence-corrected chi connectivity index (χ2v) is 6.44. The van der Waals surface area contributed by atoms with E-state index < -0.39 is 22.8 Å². The zero-order valence-corrected chi connectivity index (χ0v) is 15.2. The van der Waals surface area contributed by atoms with Gasteiger partial charge in [-0.3, -0.25) is 9.59 Å². The smallest absolute Gasteiger partial charge is 0.268 e. The largest absolute Gasteiger partial charge is 0.506 e. The number of aromatic nitrogens is 2. The zero-order valence-electron chi connectivity index (χ0n) is 15.2. The van der Waals surface area contributed by atoms with Crippen molar-refractivity contribution in [3.05, 3.63) is 94.4 Å². The Balaban J connectivity index is 1.87. The molecule has 2 heterocycles. The van der Waals surface area contributed by atoms with Crippen molar-refractivity contribution in [2.24, 2.45) is 0 Å². The van der Waals surface area contributed by atoms with E-state index >= 15 is 0 Å². The minimum Gasteiger partial charge on any atom is -0.506 e. The Morgan fingerprint density at radius 3 is 2.45 bits per heavy atom. The zero-order chi connectivity index (χ0) is 20.4. The molecule has 144 valence electrons. The van der Waals surface area contributed by atoms with Gasteiger partial charge in [-0.15, -0.1) is 0 Å². The number of carbonyl (C=O) groups excluding carboxylic acids is 1. The molecule has 2 aromatic carbocycles. The molecule has 29 heavy (non-hydrogen) atoms. The molecule has 0 radical (unpaired) electrons. The molecule has 7 heteroatoms. The fraction of sp³-hybridized carbons (Fsp3) is 0.0455. The van der Waals surface area contributed by atoms with E-state index in [1.54, 1.807) is 24.3 Å². The summed E-state index contributed by atoms with van der Waals surface area (Å²) in [5.41, 5.74) is 0.331. The van der Waals surface area contributed by atoms with Gasteiger partial charge in [0.15, 0.2) is 11.6 Å². The second-order valence-electron chi connectivity index (χ2n) is 6.44. The van der Waals surface area contributed by atoms with Crippen molar-refractivity contribution < 1.29 is 15.0 Å². The van der Waals surface area contributed by atoms with Crippen LogP contribution in [0.5, 0.6) is 11.5 Å². The predicted molar refractivity (Wildman–Crippen MR) is 109 cm³/mol. The van der Waals surface area contributed by atoms with E-state index in [1.807, 2.05) is 30.3 Å². The molecule has 7 nitrogen and oxygen atoms in total. The summed E-state index contributed by atoms with van der Waals surface area (Å²) in [4.78, 5) is 29.9. The Kier molecular flexibility index (Phi) is 4.70. The number of benzene rings is 2. The maximum atomic E-state index is 13.2. The third-order valence-electron chi connectivity index (χ3n) is 4.57. The summed E-state index contributed by atoms with van der Waals surface area (Å²) < 4.78 is 1.44. The van der Waals surface area contributed by atoms with Gasteiger partial charge in [0.05, 0.1) is 12.1 Å². The van der Waals surface area contributed by atoms with Crippen LogP contribution in [0, 0.1) is 0 Å². The topological polar surface area (TPSA) is 104 Å². The highest BCUT2D eigenvalue weighted by atomic mass is 16.3. The lowest BCUT2D eigenvalue weighted by Crippen LogP contribution is -2.30. The SMILES string of the molecule is O=C(Nc1ncccc1O)c1c(O)c2ccccc2n(Cc2ccccc2)c1=O. The maximum Gasteiger partial charge on any atom is 0.268 e. The monoisotopic (exact) mass is 387 g/mol. The van der Waals surface area contributed by atoms with Crippen molar-refractivity contribution in [2.75, 3.05) is 5.32 Å². The molecule has 0 aliphatic carbocycles. The van der Waals surface area contributed by atoms with Crippen molar-refractivity contribution >= 4 is 22.6 Å². The first-order valence-electron chi connectivity index (χ1n) is 8.90. The Morgan fingerprint density at radius 2 is 1.69 bits per heavy atom. The molecule has 2 aromatic heterocycles. The molecule has 0 atom stereocenters. The predicted octanol–water partition coefficient (Wildman–Crippen LogP) is 3.11. The molecule has 0 aliphatic rings. The standard InChI is InChI=1S/C22H17N3O4/c26-17-11-6-12-23-20(17)24-21(28)18-19(27)15-9-4-5-10-16(15)25(22(18)29)13-14-7-2-1-3-8-14/h1-12,26-27H,13H2,(H,23,24,28). The number of nitrogens with one attached hydrogen (secondary N) is 1. The molecule has 4 aromatic rings. The molecule has 0 bridgehead atoms. The number of pyridine rings is 2. The van der Waals surface area contributed by atoms with Crippen LogP contribution in [0.25, 0.3) is 10.9 Å². The normalized spacial score (nSPS) is 10.8. The van der Waals surface area contributed by atoms with Crippen molar-refractivity contribution in [2.45, 2.75) is 6.54 Å². The highest BCUT2D eigenvalue weighted by molar-refractivity contribution is 6.09. The van der Waals surface area contributed by atoms with Crippen molar-refractivity contribution in [1.82, 2.24) is 9.55 Å². The highest BCUT2D eigenvalue weighted by Crippen LogP contribution is 2.28. The number of amides is 1. The van der Waals surface area contributed by atoms with Crippen LogP contribution in [0.4, 0.5) is 5.82 Å². The van der Waals surface area contributed by atoms with Gasteiger partial charge < -0.3 is 20.1 Å². The number of rotatable bonds is 4. The summed E-state index contributed by atoms with van der Waals surface area (Å²) >= 11 is 0. The van der Waals surface area contributed by atoms with Gasteiger partial charge in [-0.05, 0) is 29.8 Å². The molecular formula is C22H17N3O4. The fourth-order valence-electron chi connectivity index (χ4n) is 3.18. The summed E-state index contributed by atoms with van der Waals surface area (Å²) in [6, 6.07) is 19.0. The van der Waals surface area contributed by atoms with Crippen molar-refractivity contribution in [3.8, 4) is 11.5 Å². The Labute approximate surface area is 165 Å². The van der Waals surface area contributed by atoms with Crippen LogP contribution in [0.3, 0.4) is 0 Å². The number of anilines is 1. The molecule has 1 amide bonds. The molecule has 0 saturated heterocycles. The number of nitrogens with zero attached hydrogens (tertiary/aromatic N) is 2. The van der Waals surface area contributed by atoms with Crippen LogP contribution >= 0.6 is 0 Å². The molecule has 0 aliphatic heterocycles. The molecule has 0 saturated carbocycles. The minimum atomic E-state index is -0.853. The van der Waals surface area contributed by atoms with E-state index in [0.29, 0.717) is 10.9 Å². The van der Waals surface area contributed by atoms with E-state index in [9.17, 15) is 19.8 Å². The number of fused-ring (bicyclic) bond motifs is 1. The first-order valence-corrected chi connectivity index (χ1v) is 8.90. The molecule has 0 fully saturated rings. The van der Waals surface area contributed by atoms with E-state index in [1.165, 1.54) is 22.9 Å². The van der Waals surface area contributed by atoms with Gasteiger partial charge in [0, 0.05) is 11.6 Å². The van der Waals surface area contributed by atoms with Crippen LogP contribution in [0.1, 0.15) is 15.9 Å². The van der Waals surface area contributed by atoms with Crippen LogP contribution < -0.4 is 10.9 Å². The van der Waals surface area contributed by atoms with Crippen LogP contribution in [-0.2, 0) is 6.54 Å². The quantitative estimate of drug-likeness (QED) is 0.499. The number of hydrogen-bond donors (Lipinski definition) is 3. The Bertz CT molecular complexity index is 1270. The third kappa shape index (κ3) is 3.41. The van der Waals surface area contributed by atoms with Gasteiger partial charge in [-0.2, -0.15) is 0 Å². The summed E-state index contributed by atoms with van der Waals surface area (Å²) in [5.74, 6) is -1.61. The van der Waals surface area contributed by atoms with Crippen LogP contribution in [0.15, 0.2) is 77.7 Å². The van der Waals surface area contributed by atoms with E-state index in [0.717, 1.165) is 5.56 Å². The number of para-hydroxylation sites is 1. The lowest BCUT2D eigenvalue weighted by Gasteiger charge is -2.15. The van der Waals surface area contributed by atoms with Crippen LogP contribution in [-0.4, -0.2) is 25.7 Å².